The number of para-hydroxylation sites is 2. The van der Waals surface area contributed by atoms with Gasteiger partial charge >= 0.3 is 0 Å². The van der Waals surface area contributed by atoms with E-state index in [4.69, 9.17) is 10.5 Å². The summed E-state index contributed by atoms with van der Waals surface area (Å²) in [4.78, 5) is 18.4. The van der Waals surface area contributed by atoms with E-state index in [1.807, 2.05) is 24.3 Å². The number of nitrogens with zero attached hydrogens (tertiary/aromatic N) is 2. The van der Waals surface area contributed by atoms with E-state index in [2.05, 4.69) is 4.98 Å². The van der Waals surface area contributed by atoms with Crippen molar-refractivity contribution in [2.75, 3.05) is 25.1 Å². The molecule has 0 aliphatic carbocycles. The minimum Gasteiger partial charge on any atom is -0.495 e. The van der Waals surface area contributed by atoms with Gasteiger partial charge in [0.15, 0.2) is 0 Å². The van der Waals surface area contributed by atoms with E-state index in [-0.39, 0.29) is 5.91 Å². The molecule has 0 saturated heterocycles. The van der Waals surface area contributed by atoms with Crippen LogP contribution in [0.1, 0.15) is 16.8 Å². The summed E-state index contributed by atoms with van der Waals surface area (Å²) in [6, 6.07) is 10.9. The molecule has 1 aromatic carbocycles. The Balaban J connectivity index is 2.36. The molecule has 0 aliphatic heterocycles. The third-order valence-corrected chi connectivity index (χ3v) is 3.13. The summed E-state index contributed by atoms with van der Waals surface area (Å²) in [6.07, 6.45) is 3.93. The van der Waals surface area contributed by atoms with Crippen LogP contribution < -0.4 is 15.4 Å². The van der Waals surface area contributed by atoms with Crippen molar-refractivity contribution in [1.82, 2.24) is 4.98 Å². The molecule has 0 aliphatic rings. The first kappa shape index (κ1) is 15.0. The normalized spacial score (nSPS) is 10.2. The zero-order chi connectivity index (χ0) is 15.1. The summed E-state index contributed by atoms with van der Waals surface area (Å²) < 4.78 is 5.35. The van der Waals surface area contributed by atoms with Gasteiger partial charge in [-0.05, 0) is 37.2 Å². The van der Waals surface area contributed by atoms with Crippen molar-refractivity contribution in [3.63, 3.8) is 0 Å². The number of hydrogen-bond donors (Lipinski definition) is 1. The maximum atomic E-state index is 12.7. The molecule has 21 heavy (non-hydrogen) atoms. The second kappa shape index (κ2) is 7.40. The molecule has 1 amide bonds. The summed E-state index contributed by atoms with van der Waals surface area (Å²) >= 11 is 0. The molecule has 0 bridgehead atoms. The molecule has 1 aromatic heterocycles. The number of pyridine rings is 1. The van der Waals surface area contributed by atoms with Crippen molar-refractivity contribution in [2.45, 2.75) is 6.42 Å². The molecule has 0 atom stereocenters. The fourth-order valence-electron chi connectivity index (χ4n) is 2.08. The van der Waals surface area contributed by atoms with Gasteiger partial charge in [0.2, 0.25) is 0 Å². The molecule has 5 nitrogen and oxygen atoms in total. The van der Waals surface area contributed by atoms with Crippen LogP contribution in [0, 0.1) is 0 Å². The van der Waals surface area contributed by atoms with Gasteiger partial charge in [-0.15, -0.1) is 0 Å². The Morgan fingerprint density at radius 2 is 1.95 bits per heavy atom. The van der Waals surface area contributed by atoms with E-state index >= 15 is 0 Å². The highest BCUT2D eigenvalue weighted by molar-refractivity contribution is 6.06. The molecule has 5 heteroatoms. The lowest BCUT2D eigenvalue weighted by Gasteiger charge is -2.24. The van der Waals surface area contributed by atoms with Crippen LogP contribution in [0.15, 0.2) is 48.8 Å². The van der Waals surface area contributed by atoms with E-state index in [0.717, 1.165) is 12.1 Å². The lowest BCUT2D eigenvalue weighted by Crippen LogP contribution is -2.33. The number of carbonyl (C=O) groups is 1. The Morgan fingerprint density at radius 1 is 1.24 bits per heavy atom. The summed E-state index contributed by atoms with van der Waals surface area (Å²) in [7, 11) is 1.59. The lowest BCUT2D eigenvalue weighted by atomic mass is 10.2. The Hall–Kier alpha value is -2.40. The standard InChI is InChI=1S/C16H19N3O2/c1-21-15-6-3-2-5-14(15)19(12-4-9-17)16(20)13-7-10-18-11-8-13/h2-3,5-8,10-11H,4,9,12,17H2,1H3. The van der Waals surface area contributed by atoms with Gasteiger partial charge in [0.1, 0.15) is 5.75 Å². The first-order chi connectivity index (χ1) is 10.3. The summed E-state index contributed by atoms with van der Waals surface area (Å²) in [5.74, 6) is 0.576. The Morgan fingerprint density at radius 3 is 2.62 bits per heavy atom. The number of carbonyl (C=O) groups excluding carboxylic acids is 1. The molecular formula is C16H19N3O2. The van der Waals surface area contributed by atoms with Gasteiger partial charge in [-0.3, -0.25) is 9.78 Å². The number of ether oxygens (including phenoxy) is 1. The van der Waals surface area contributed by atoms with Gasteiger partial charge < -0.3 is 15.4 Å². The van der Waals surface area contributed by atoms with E-state index in [9.17, 15) is 4.79 Å². The average molecular weight is 285 g/mol. The highest BCUT2D eigenvalue weighted by Crippen LogP contribution is 2.28. The highest BCUT2D eigenvalue weighted by atomic mass is 16.5. The van der Waals surface area contributed by atoms with Gasteiger partial charge in [0, 0.05) is 24.5 Å². The fourth-order valence-corrected chi connectivity index (χ4v) is 2.08. The molecule has 0 spiro atoms. The molecule has 0 saturated carbocycles. The van der Waals surface area contributed by atoms with Crippen molar-refractivity contribution in [2.24, 2.45) is 5.73 Å². The molecule has 1 heterocycles. The summed E-state index contributed by atoms with van der Waals surface area (Å²) in [5.41, 5.74) is 6.92. The first-order valence-electron chi connectivity index (χ1n) is 6.83. The maximum Gasteiger partial charge on any atom is 0.258 e. The summed E-state index contributed by atoms with van der Waals surface area (Å²) in [6.45, 7) is 1.06. The van der Waals surface area contributed by atoms with Gasteiger partial charge in [0.05, 0.1) is 12.8 Å². The minimum absolute atomic E-state index is 0.0876. The predicted molar refractivity (Wildman–Crippen MR) is 82.6 cm³/mol. The van der Waals surface area contributed by atoms with Crippen molar-refractivity contribution < 1.29 is 9.53 Å². The quantitative estimate of drug-likeness (QED) is 0.882. The van der Waals surface area contributed by atoms with Crippen molar-refractivity contribution in [1.29, 1.82) is 0 Å². The molecule has 0 fully saturated rings. The second-order valence-corrected chi connectivity index (χ2v) is 4.51. The third-order valence-electron chi connectivity index (χ3n) is 3.13. The van der Waals surface area contributed by atoms with Crippen molar-refractivity contribution in [3.8, 4) is 5.75 Å². The van der Waals surface area contributed by atoms with Crippen LogP contribution in [-0.4, -0.2) is 31.1 Å². The second-order valence-electron chi connectivity index (χ2n) is 4.51. The number of nitrogens with two attached hydrogens (primary N) is 1. The maximum absolute atomic E-state index is 12.7. The Bertz CT molecular complexity index is 587. The van der Waals surface area contributed by atoms with Crippen LogP contribution in [0.3, 0.4) is 0 Å². The third kappa shape index (κ3) is 3.58. The number of benzene rings is 1. The van der Waals surface area contributed by atoms with Gasteiger partial charge in [-0.1, -0.05) is 12.1 Å². The molecule has 0 unspecified atom stereocenters. The van der Waals surface area contributed by atoms with Crippen LogP contribution in [0.4, 0.5) is 5.69 Å². The van der Waals surface area contributed by atoms with Gasteiger partial charge in [-0.25, -0.2) is 0 Å². The number of rotatable bonds is 6. The molecule has 2 aromatic rings. The Labute approximate surface area is 124 Å². The van der Waals surface area contributed by atoms with Crippen LogP contribution >= 0.6 is 0 Å². The molecule has 2 N–H and O–H groups in total. The topological polar surface area (TPSA) is 68.5 Å². The molecule has 2 rings (SSSR count). The van der Waals surface area contributed by atoms with E-state index in [1.165, 1.54) is 0 Å². The number of hydrogen-bond acceptors (Lipinski definition) is 4. The van der Waals surface area contributed by atoms with Gasteiger partial charge in [-0.2, -0.15) is 0 Å². The highest BCUT2D eigenvalue weighted by Gasteiger charge is 2.20. The van der Waals surface area contributed by atoms with Crippen molar-refractivity contribution >= 4 is 11.6 Å². The average Bonchev–Trinajstić information content (AvgIpc) is 2.56. The molecule has 0 radical (unpaired) electrons. The fraction of sp³-hybridized carbons (Fsp3) is 0.250. The molecular weight excluding hydrogens is 266 g/mol. The van der Waals surface area contributed by atoms with Crippen LogP contribution in [-0.2, 0) is 0 Å². The molecule has 110 valence electrons. The number of aromatic nitrogens is 1. The largest absolute Gasteiger partial charge is 0.495 e. The van der Waals surface area contributed by atoms with Crippen LogP contribution in [0.2, 0.25) is 0 Å². The number of anilines is 1. The smallest absolute Gasteiger partial charge is 0.258 e. The Kier molecular flexibility index (Phi) is 5.29. The zero-order valence-electron chi connectivity index (χ0n) is 12.0. The lowest BCUT2D eigenvalue weighted by molar-refractivity contribution is 0.0986. The summed E-state index contributed by atoms with van der Waals surface area (Å²) in [5, 5.41) is 0. The van der Waals surface area contributed by atoms with Gasteiger partial charge in [0.25, 0.3) is 5.91 Å². The van der Waals surface area contributed by atoms with E-state index in [0.29, 0.717) is 24.4 Å². The van der Waals surface area contributed by atoms with E-state index < -0.39 is 0 Å². The van der Waals surface area contributed by atoms with Crippen LogP contribution in [0.5, 0.6) is 5.75 Å². The van der Waals surface area contributed by atoms with E-state index in [1.54, 1.807) is 36.5 Å². The number of methoxy groups -OCH3 is 1. The predicted octanol–water partition coefficient (Wildman–Crippen LogP) is 2.09. The monoisotopic (exact) mass is 285 g/mol. The number of amides is 1. The van der Waals surface area contributed by atoms with Crippen molar-refractivity contribution in [3.05, 3.63) is 54.4 Å². The first-order valence-corrected chi connectivity index (χ1v) is 6.83. The SMILES string of the molecule is COc1ccccc1N(CCCN)C(=O)c1ccncc1. The minimum atomic E-state index is -0.0876. The zero-order valence-corrected chi connectivity index (χ0v) is 12.0. The van der Waals surface area contributed by atoms with Crippen LogP contribution in [0.25, 0.3) is 0 Å².